The Morgan fingerprint density at radius 1 is 0.895 bits per heavy atom. The lowest BCUT2D eigenvalue weighted by Crippen LogP contribution is -2.13. The van der Waals surface area contributed by atoms with Gasteiger partial charge >= 0.3 is 0 Å². The van der Waals surface area contributed by atoms with Gasteiger partial charge in [0, 0.05) is 0 Å². The fourth-order valence-corrected chi connectivity index (χ4v) is 4.22. The van der Waals surface area contributed by atoms with Crippen LogP contribution >= 0.6 is 10.3 Å². The molecule has 0 atom stereocenters. The molecule has 1 aromatic carbocycles. The molecule has 0 heterocycles. The van der Waals surface area contributed by atoms with Crippen molar-refractivity contribution in [2.45, 2.75) is 47.5 Å². The number of hydrogen-bond donors (Lipinski definition) is 0. The molecule has 19 heavy (non-hydrogen) atoms. The molecular weight excluding hydrogens is 252 g/mol. The molecule has 0 N–H and O–H groups in total. The van der Waals surface area contributed by atoms with Crippen LogP contribution in [0.25, 0.3) is 0 Å². The predicted molar refractivity (Wildman–Crippen MR) is 91.3 cm³/mol. The molecule has 0 aliphatic carbocycles. The third-order valence-electron chi connectivity index (χ3n) is 3.36. The molecule has 0 bridgehead atoms. The molecular formula is C17H32OS. The molecule has 112 valence electrons. The Balaban J connectivity index is 0.00000154. The molecule has 0 aromatic heterocycles. The van der Waals surface area contributed by atoms with E-state index in [-0.39, 0.29) is 0 Å². The zero-order chi connectivity index (χ0) is 14.6. The normalized spacial score (nSPS) is 11.6. The topological polar surface area (TPSA) is 9.23 Å². The van der Waals surface area contributed by atoms with Gasteiger partial charge in [-0.1, -0.05) is 65.0 Å². The Hall–Kier alpha value is -0.470. The summed E-state index contributed by atoms with van der Waals surface area (Å²) in [4.78, 5) is 0. The van der Waals surface area contributed by atoms with E-state index in [0.29, 0.717) is 0 Å². The summed E-state index contributed by atoms with van der Waals surface area (Å²) in [7, 11) is -0.765. The van der Waals surface area contributed by atoms with Crippen LogP contribution < -0.4 is 0 Å². The molecule has 0 unspecified atom stereocenters. The van der Waals surface area contributed by atoms with E-state index in [1.807, 2.05) is 13.8 Å². The molecule has 0 radical (unpaired) electrons. The van der Waals surface area contributed by atoms with E-state index in [4.69, 9.17) is 4.18 Å². The minimum Gasteiger partial charge on any atom is -0.337 e. The Bertz CT molecular complexity index is 285. The summed E-state index contributed by atoms with van der Waals surface area (Å²) in [6, 6.07) is 10.7. The molecule has 2 heteroatoms. The number of benzene rings is 1. The highest BCUT2D eigenvalue weighted by molar-refractivity contribution is 8.29. The van der Waals surface area contributed by atoms with Crippen LogP contribution in [0.1, 0.15) is 46.6 Å². The predicted octanol–water partition coefficient (Wildman–Crippen LogP) is 5.44. The van der Waals surface area contributed by atoms with Crippen LogP contribution in [0.5, 0.6) is 0 Å². The van der Waals surface area contributed by atoms with Gasteiger partial charge in [0.05, 0.1) is 6.61 Å². The maximum Gasteiger partial charge on any atom is 0.0595 e. The van der Waals surface area contributed by atoms with Gasteiger partial charge in [-0.05, 0) is 35.7 Å². The maximum atomic E-state index is 6.18. The van der Waals surface area contributed by atoms with Gasteiger partial charge in [-0.25, -0.2) is 0 Å². The third-order valence-corrected chi connectivity index (χ3v) is 7.19. The summed E-state index contributed by atoms with van der Waals surface area (Å²) in [6.07, 6.45) is 2.27. The van der Waals surface area contributed by atoms with Crippen molar-refractivity contribution >= 4 is 10.3 Å². The van der Waals surface area contributed by atoms with E-state index in [2.05, 4.69) is 51.1 Å². The second-order valence-electron chi connectivity index (χ2n) is 4.24. The van der Waals surface area contributed by atoms with Crippen LogP contribution in [-0.2, 0) is 10.6 Å². The van der Waals surface area contributed by atoms with E-state index >= 15 is 0 Å². The second-order valence-corrected chi connectivity index (χ2v) is 8.14. The van der Waals surface area contributed by atoms with Gasteiger partial charge in [-0.15, -0.1) is 10.3 Å². The van der Waals surface area contributed by atoms with E-state index in [1.54, 1.807) is 0 Å². The second kappa shape index (κ2) is 11.4. The van der Waals surface area contributed by atoms with E-state index in [0.717, 1.165) is 19.4 Å². The fraction of sp³-hybridized carbons (Fsp3) is 0.647. The number of rotatable bonds is 8. The van der Waals surface area contributed by atoms with Gasteiger partial charge in [-0.2, -0.15) is 0 Å². The molecule has 1 nitrogen and oxygen atoms in total. The average Bonchev–Trinajstić information content (AvgIpc) is 2.51. The first-order valence-corrected chi connectivity index (χ1v) is 9.77. The van der Waals surface area contributed by atoms with Crippen molar-refractivity contribution in [3.63, 3.8) is 0 Å². The van der Waals surface area contributed by atoms with Crippen LogP contribution in [0.15, 0.2) is 30.3 Å². The first-order chi connectivity index (χ1) is 9.26. The molecule has 0 spiro atoms. The number of aryl methyl sites for hydroxylation is 1. The van der Waals surface area contributed by atoms with Crippen LogP contribution in [0, 0.1) is 0 Å². The van der Waals surface area contributed by atoms with Gasteiger partial charge < -0.3 is 4.18 Å². The summed E-state index contributed by atoms with van der Waals surface area (Å²) >= 11 is 0. The molecule has 0 fully saturated rings. The van der Waals surface area contributed by atoms with E-state index in [9.17, 15) is 0 Å². The zero-order valence-corrected chi connectivity index (χ0v) is 14.3. The standard InChI is InChI=1S/C15H26OS.C2H6/c1-4-17(5-2,6-3)16-14-10-13-15-11-8-7-9-12-15;1-2/h7-9,11-12H,4-6,10,13-14H2,1-3H3;1-2H3. The van der Waals surface area contributed by atoms with Gasteiger partial charge in [0.25, 0.3) is 0 Å². The highest BCUT2D eigenvalue weighted by Gasteiger charge is 2.17. The molecule has 0 aliphatic rings. The van der Waals surface area contributed by atoms with Crippen molar-refractivity contribution < 1.29 is 4.18 Å². The molecule has 0 saturated heterocycles. The van der Waals surface area contributed by atoms with Crippen molar-refractivity contribution in [3.05, 3.63) is 35.9 Å². The van der Waals surface area contributed by atoms with E-state index in [1.165, 1.54) is 22.8 Å². The average molecular weight is 285 g/mol. The quantitative estimate of drug-likeness (QED) is 0.577. The first-order valence-electron chi connectivity index (χ1n) is 7.71. The Morgan fingerprint density at radius 2 is 1.42 bits per heavy atom. The van der Waals surface area contributed by atoms with Crippen LogP contribution in [0.4, 0.5) is 0 Å². The summed E-state index contributed by atoms with van der Waals surface area (Å²) < 4.78 is 6.18. The van der Waals surface area contributed by atoms with Crippen molar-refractivity contribution in [1.29, 1.82) is 0 Å². The van der Waals surface area contributed by atoms with Gasteiger partial charge in [-0.3, -0.25) is 0 Å². The summed E-state index contributed by atoms with van der Waals surface area (Å²) in [6.45, 7) is 11.7. The summed E-state index contributed by atoms with van der Waals surface area (Å²) in [5, 5.41) is 0. The van der Waals surface area contributed by atoms with Gasteiger partial charge in [0.15, 0.2) is 0 Å². The highest BCUT2D eigenvalue weighted by atomic mass is 32.3. The SMILES string of the molecule is CC.CCS(CC)(CC)OCCCc1ccccc1. The Kier molecular flexibility index (Phi) is 11.1. The first kappa shape index (κ1) is 18.5. The minimum atomic E-state index is -0.765. The molecule has 0 aliphatic heterocycles. The lowest BCUT2D eigenvalue weighted by Gasteiger charge is -2.36. The summed E-state index contributed by atoms with van der Waals surface area (Å²) in [5.74, 6) is 3.60. The van der Waals surface area contributed by atoms with Crippen molar-refractivity contribution in [3.8, 4) is 0 Å². The van der Waals surface area contributed by atoms with Crippen molar-refractivity contribution in [2.75, 3.05) is 23.9 Å². The molecule has 0 saturated carbocycles. The fourth-order valence-electron chi connectivity index (χ4n) is 2.02. The Labute approximate surface area is 122 Å². The largest absolute Gasteiger partial charge is 0.337 e. The third kappa shape index (κ3) is 7.03. The Morgan fingerprint density at radius 3 is 1.89 bits per heavy atom. The van der Waals surface area contributed by atoms with Gasteiger partial charge in [0.2, 0.25) is 0 Å². The van der Waals surface area contributed by atoms with Crippen molar-refractivity contribution in [1.82, 2.24) is 0 Å². The van der Waals surface area contributed by atoms with Crippen LogP contribution in [0.2, 0.25) is 0 Å². The van der Waals surface area contributed by atoms with Crippen molar-refractivity contribution in [2.24, 2.45) is 0 Å². The lowest BCUT2D eigenvalue weighted by atomic mass is 10.1. The summed E-state index contributed by atoms with van der Waals surface area (Å²) in [5.41, 5.74) is 1.42. The smallest absolute Gasteiger partial charge is 0.0595 e. The maximum absolute atomic E-state index is 6.18. The minimum absolute atomic E-state index is 0.765. The molecule has 1 aromatic rings. The zero-order valence-electron chi connectivity index (χ0n) is 13.4. The van der Waals surface area contributed by atoms with Crippen LogP contribution in [-0.4, -0.2) is 23.9 Å². The lowest BCUT2D eigenvalue weighted by molar-refractivity contribution is 0.348. The van der Waals surface area contributed by atoms with Gasteiger partial charge in [0.1, 0.15) is 0 Å². The van der Waals surface area contributed by atoms with E-state index < -0.39 is 10.3 Å². The molecule has 1 rings (SSSR count). The molecule has 0 amide bonds. The number of hydrogen-bond acceptors (Lipinski definition) is 1. The monoisotopic (exact) mass is 284 g/mol. The highest BCUT2D eigenvalue weighted by Crippen LogP contribution is 2.47. The van der Waals surface area contributed by atoms with Crippen LogP contribution in [0.3, 0.4) is 0 Å².